The van der Waals surface area contributed by atoms with E-state index in [2.05, 4.69) is 5.32 Å². The molecule has 0 aliphatic carbocycles. The van der Waals surface area contributed by atoms with E-state index in [1.54, 1.807) is 36.6 Å². The molecule has 21 heavy (non-hydrogen) atoms. The molecule has 5 nitrogen and oxygen atoms in total. The van der Waals surface area contributed by atoms with Crippen molar-refractivity contribution in [2.75, 3.05) is 11.5 Å². The zero-order valence-electron chi connectivity index (χ0n) is 11.3. The van der Waals surface area contributed by atoms with Gasteiger partial charge in [-0.1, -0.05) is 12.1 Å². The van der Waals surface area contributed by atoms with Gasteiger partial charge in [0.2, 0.25) is 0 Å². The molecule has 2 heterocycles. The number of furan rings is 1. The van der Waals surface area contributed by atoms with Crippen LogP contribution in [-0.2, 0) is 9.84 Å². The number of amides is 1. The van der Waals surface area contributed by atoms with Gasteiger partial charge >= 0.3 is 0 Å². The molecular weight excluding hydrogens is 290 g/mol. The first kappa shape index (κ1) is 13.9. The molecule has 0 radical (unpaired) electrons. The number of carbonyl (C=O) groups excluding carboxylic acids is 1. The Labute approximate surface area is 122 Å². The summed E-state index contributed by atoms with van der Waals surface area (Å²) < 4.78 is 28.0. The summed E-state index contributed by atoms with van der Waals surface area (Å²) in [5.74, 6) is 0.672. The fraction of sp³-hybridized carbons (Fsp3) is 0.267. The lowest BCUT2D eigenvalue weighted by molar-refractivity contribution is 0.0941. The van der Waals surface area contributed by atoms with Crippen LogP contribution in [0.25, 0.3) is 11.3 Å². The first-order valence-corrected chi connectivity index (χ1v) is 8.51. The van der Waals surface area contributed by atoms with E-state index in [9.17, 15) is 13.2 Å². The molecule has 0 spiro atoms. The summed E-state index contributed by atoms with van der Waals surface area (Å²) in [7, 11) is -2.99. The van der Waals surface area contributed by atoms with Gasteiger partial charge in [0.15, 0.2) is 9.84 Å². The third-order valence-corrected chi connectivity index (χ3v) is 5.29. The Morgan fingerprint density at radius 3 is 2.52 bits per heavy atom. The number of benzene rings is 1. The van der Waals surface area contributed by atoms with Crippen LogP contribution in [-0.4, -0.2) is 31.9 Å². The number of hydrogen-bond acceptors (Lipinski definition) is 4. The van der Waals surface area contributed by atoms with Crippen molar-refractivity contribution in [2.24, 2.45) is 0 Å². The average Bonchev–Trinajstić information content (AvgIpc) is 3.09. The number of sulfone groups is 1. The van der Waals surface area contributed by atoms with Crippen molar-refractivity contribution in [3.8, 4) is 11.3 Å². The molecule has 110 valence electrons. The summed E-state index contributed by atoms with van der Waals surface area (Å²) in [4.78, 5) is 12.1. The van der Waals surface area contributed by atoms with Gasteiger partial charge in [0.25, 0.3) is 5.91 Å². The highest BCUT2D eigenvalue weighted by molar-refractivity contribution is 7.91. The highest BCUT2D eigenvalue weighted by Gasteiger charge is 2.29. The van der Waals surface area contributed by atoms with Crippen LogP contribution in [0.1, 0.15) is 16.8 Å². The molecule has 0 bridgehead atoms. The minimum absolute atomic E-state index is 0.0310. The highest BCUT2D eigenvalue weighted by atomic mass is 32.2. The molecule has 1 aromatic heterocycles. The zero-order valence-corrected chi connectivity index (χ0v) is 12.1. The Hall–Kier alpha value is -2.08. The van der Waals surface area contributed by atoms with Crippen molar-refractivity contribution in [1.29, 1.82) is 0 Å². The second-order valence-corrected chi connectivity index (χ2v) is 7.36. The molecule has 3 rings (SSSR count). The Kier molecular flexibility index (Phi) is 3.55. The minimum Gasteiger partial charge on any atom is -0.464 e. The van der Waals surface area contributed by atoms with E-state index < -0.39 is 9.84 Å². The van der Waals surface area contributed by atoms with Gasteiger partial charge in [0, 0.05) is 17.2 Å². The van der Waals surface area contributed by atoms with Crippen LogP contribution in [0.5, 0.6) is 0 Å². The number of carbonyl (C=O) groups is 1. The van der Waals surface area contributed by atoms with Gasteiger partial charge < -0.3 is 9.73 Å². The second kappa shape index (κ2) is 5.37. The standard InChI is InChI=1S/C15H15NO4S/c17-15(16-13-7-9-21(18,19)10-13)12-5-3-11(4-6-12)14-2-1-8-20-14/h1-6,8,13H,7,9-10H2,(H,16,17). The quantitative estimate of drug-likeness (QED) is 0.939. The summed E-state index contributed by atoms with van der Waals surface area (Å²) >= 11 is 0. The predicted molar refractivity (Wildman–Crippen MR) is 78.7 cm³/mol. The molecule has 1 aromatic carbocycles. The Morgan fingerprint density at radius 1 is 1.19 bits per heavy atom. The van der Waals surface area contributed by atoms with Gasteiger partial charge in [0.05, 0.1) is 17.8 Å². The van der Waals surface area contributed by atoms with E-state index in [-0.39, 0.29) is 23.5 Å². The van der Waals surface area contributed by atoms with Crippen molar-refractivity contribution in [2.45, 2.75) is 12.5 Å². The highest BCUT2D eigenvalue weighted by Crippen LogP contribution is 2.20. The van der Waals surface area contributed by atoms with Crippen LogP contribution in [0, 0.1) is 0 Å². The summed E-state index contributed by atoms with van der Waals surface area (Å²) in [5, 5.41) is 2.76. The minimum atomic E-state index is -2.99. The topological polar surface area (TPSA) is 76.4 Å². The Bertz CT molecular complexity index is 732. The lowest BCUT2D eigenvalue weighted by atomic mass is 10.1. The molecule has 2 aromatic rings. The van der Waals surface area contributed by atoms with Crippen LogP contribution >= 0.6 is 0 Å². The largest absolute Gasteiger partial charge is 0.464 e. The Balaban J connectivity index is 1.68. The molecule has 1 fully saturated rings. The lowest BCUT2D eigenvalue weighted by Crippen LogP contribution is -2.35. The van der Waals surface area contributed by atoms with Gasteiger partial charge in [-0.05, 0) is 30.7 Å². The van der Waals surface area contributed by atoms with Crippen molar-refractivity contribution < 1.29 is 17.6 Å². The molecule has 6 heteroatoms. The van der Waals surface area contributed by atoms with Gasteiger partial charge in [-0.2, -0.15) is 0 Å². The third-order valence-electron chi connectivity index (χ3n) is 3.52. The zero-order chi connectivity index (χ0) is 14.9. The maximum absolute atomic E-state index is 12.1. The van der Waals surface area contributed by atoms with Gasteiger partial charge in [-0.15, -0.1) is 0 Å². The molecule has 1 saturated heterocycles. The molecule has 0 saturated carbocycles. The van der Waals surface area contributed by atoms with E-state index in [1.807, 2.05) is 6.07 Å². The first-order chi connectivity index (χ1) is 10.0. The van der Waals surface area contributed by atoms with E-state index in [1.165, 1.54) is 0 Å². The smallest absolute Gasteiger partial charge is 0.251 e. The predicted octanol–water partition coefficient (Wildman–Crippen LogP) is 1.86. The molecule has 1 atom stereocenters. The SMILES string of the molecule is O=C(NC1CCS(=O)(=O)C1)c1ccc(-c2ccco2)cc1. The number of rotatable bonds is 3. The monoisotopic (exact) mass is 305 g/mol. The third kappa shape index (κ3) is 3.16. The van der Waals surface area contributed by atoms with Gasteiger partial charge in [-0.3, -0.25) is 4.79 Å². The average molecular weight is 305 g/mol. The number of hydrogen-bond donors (Lipinski definition) is 1. The summed E-state index contributed by atoms with van der Waals surface area (Å²) in [6.07, 6.45) is 2.08. The molecule has 1 amide bonds. The fourth-order valence-electron chi connectivity index (χ4n) is 2.41. The molecular formula is C15H15NO4S. The molecule has 1 aliphatic rings. The summed E-state index contributed by atoms with van der Waals surface area (Å²) in [5.41, 5.74) is 1.40. The van der Waals surface area contributed by atoms with Crippen LogP contribution in [0.3, 0.4) is 0 Å². The first-order valence-electron chi connectivity index (χ1n) is 6.69. The molecule has 1 N–H and O–H groups in total. The van der Waals surface area contributed by atoms with E-state index >= 15 is 0 Å². The number of nitrogens with one attached hydrogen (secondary N) is 1. The normalized spacial score (nSPS) is 20.3. The van der Waals surface area contributed by atoms with E-state index in [0.29, 0.717) is 12.0 Å². The van der Waals surface area contributed by atoms with Crippen molar-refractivity contribution in [3.63, 3.8) is 0 Å². The maximum atomic E-state index is 12.1. The fourth-order valence-corrected chi connectivity index (χ4v) is 4.08. The molecule has 1 unspecified atom stereocenters. The van der Waals surface area contributed by atoms with Crippen molar-refractivity contribution >= 4 is 15.7 Å². The van der Waals surface area contributed by atoms with Crippen LogP contribution in [0.2, 0.25) is 0 Å². The maximum Gasteiger partial charge on any atom is 0.251 e. The molecule has 1 aliphatic heterocycles. The Morgan fingerprint density at radius 2 is 1.95 bits per heavy atom. The summed E-state index contributed by atoms with van der Waals surface area (Å²) in [6, 6.07) is 10.4. The summed E-state index contributed by atoms with van der Waals surface area (Å²) in [6.45, 7) is 0. The van der Waals surface area contributed by atoms with Crippen LogP contribution in [0.15, 0.2) is 47.1 Å². The van der Waals surface area contributed by atoms with E-state index in [0.717, 1.165) is 11.3 Å². The van der Waals surface area contributed by atoms with Crippen molar-refractivity contribution in [1.82, 2.24) is 5.32 Å². The van der Waals surface area contributed by atoms with Gasteiger partial charge in [0.1, 0.15) is 5.76 Å². The van der Waals surface area contributed by atoms with Crippen LogP contribution in [0.4, 0.5) is 0 Å². The second-order valence-electron chi connectivity index (χ2n) is 5.13. The van der Waals surface area contributed by atoms with Crippen LogP contribution < -0.4 is 5.32 Å². The van der Waals surface area contributed by atoms with Gasteiger partial charge in [-0.25, -0.2) is 8.42 Å². The van der Waals surface area contributed by atoms with E-state index in [4.69, 9.17) is 4.42 Å². The van der Waals surface area contributed by atoms with Crippen molar-refractivity contribution in [3.05, 3.63) is 48.2 Å². The lowest BCUT2D eigenvalue weighted by Gasteiger charge is -2.10.